The maximum absolute atomic E-state index is 13.7. The molecule has 5 heteroatoms. The average molecular weight is 466 g/mol. The maximum atomic E-state index is 13.7. The van der Waals surface area contributed by atoms with Gasteiger partial charge in [0.2, 0.25) is 0 Å². The van der Waals surface area contributed by atoms with Gasteiger partial charge in [-0.25, -0.2) is 4.90 Å². The minimum atomic E-state index is -0.339. The number of carbonyl (C=O) groups is 2. The summed E-state index contributed by atoms with van der Waals surface area (Å²) in [5.74, 6) is -0.650. The third-order valence-corrected chi connectivity index (χ3v) is 7.03. The van der Waals surface area contributed by atoms with Crippen molar-refractivity contribution in [3.63, 3.8) is 0 Å². The lowest BCUT2D eigenvalue weighted by Crippen LogP contribution is -2.32. The molecule has 5 rings (SSSR count). The van der Waals surface area contributed by atoms with E-state index in [4.69, 9.17) is 0 Å². The molecular weight excluding hydrogens is 434 g/mol. The van der Waals surface area contributed by atoms with Gasteiger partial charge in [0, 0.05) is 24.5 Å². The Bertz CT molecular complexity index is 1300. The van der Waals surface area contributed by atoms with Crippen molar-refractivity contribution in [1.29, 1.82) is 0 Å². The number of nitrogens with zero attached hydrogens (tertiary/aromatic N) is 2. The molecular formula is C30H31N3O2. The van der Waals surface area contributed by atoms with Gasteiger partial charge in [0.05, 0.1) is 11.3 Å². The Hall–Kier alpha value is -3.86. The fraction of sp³-hybridized carbons (Fsp3) is 0.267. The number of aryl methyl sites for hydroxylation is 3. The van der Waals surface area contributed by atoms with Crippen molar-refractivity contribution in [3.05, 3.63) is 94.7 Å². The van der Waals surface area contributed by atoms with Crippen molar-refractivity contribution in [2.24, 2.45) is 0 Å². The summed E-state index contributed by atoms with van der Waals surface area (Å²) in [6.45, 7) is 8.16. The third-order valence-electron chi connectivity index (χ3n) is 7.03. The molecule has 0 saturated carbocycles. The van der Waals surface area contributed by atoms with E-state index < -0.39 is 0 Å². The molecule has 2 aliphatic heterocycles. The summed E-state index contributed by atoms with van der Waals surface area (Å²) >= 11 is 0. The smallest absolute Gasteiger partial charge is 0.282 e. The van der Waals surface area contributed by atoms with Gasteiger partial charge in [0.15, 0.2) is 0 Å². The molecule has 0 spiro atoms. The summed E-state index contributed by atoms with van der Waals surface area (Å²) in [5.41, 5.74) is 7.25. The highest BCUT2D eigenvalue weighted by Crippen LogP contribution is 2.35. The highest BCUT2D eigenvalue weighted by molar-refractivity contribution is 6.46. The van der Waals surface area contributed by atoms with Gasteiger partial charge in [0.25, 0.3) is 11.8 Å². The number of imide groups is 1. The lowest BCUT2D eigenvalue weighted by Gasteiger charge is -2.28. The van der Waals surface area contributed by atoms with Crippen LogP contribution >= 0.6 is 0 Å². The molecule has 3 aromatic carbocycles. The molecule has 0 aliphatic carbocycles. The fourth-order valence-electron chi connectivity index (χ4n) is 4.78. The first-order valence-electron chi connectivity index (χ1n) is 12.3. The number of nitrogens with one attached hydrogen (secondary N) is 1. The number of carbonyl (C=O) groups excluding carboxylic acids is 2. The largest absolute Gasteiger partial charge is 0.372 e. The van der Waals surface area contributed by atoms with E-state index in [0.717, 1.165) is 41.0 Å². The Kier molecular flexibility index (Phi) is 6.16. The van der Waals surface area contributed by atoms with Crippen molar-refractivity contribution in [2.75, 3.05) is 28.2 Å². The highest BCUT2D eigenvalue weighted by atomic mass is 16.2. The second-order valence-corrected chi connectivity index (χ2v) is 9.55. The van der Waals surface area contributed by atoms with Gasteiger partial charge in [-0.3, -0.25) is 9.59 Å². The molecule has 0 atom stereocenters. The Balaban J connectivity index is 1.50. The maximum Gasteiger partial charge on any atom is 0.282 e. The number of amides is 2. The van der Waals surface area contributed by atoms with Gasteiger partial charge >= 0.3 is 0 Å². The molecule has 2 amide bonds. The van der Waals surface area contributed by atoms with E-state index >= 15 is 0 Å². The molecule has 0 aromatic heterocycles. The minimum absolute atomic E-state index is 0.308. The Morgan fingerprint density at radius 3 is 2.00 bits per heavy atom. The lowest BCUT2D eigenvalue weighted by molar-refractivity contribution is -0.120. The molecule has 0 bridgehead atoms. The van der Waals surface area contributed by atoms with Crippen LogP contribution in [0, 0.1) is 20.8 Å². The molecule has 3 aromatic rings. The predicted molar refractivity (Wildman–Crippen MR) is 143 cm³/mol. The van der Waals surface area contributed by atoms with Crippen LogP contribution in [0.15, 0.2) is 72.4 Å². The van der Waals surface area contributed by atoms with Crippen LogP contribution in [0.4, 0.5) is 17.1 Å². The number of anilines is 3. The minimum Gasteiger partial charge on any atom is -0.372 e. The van der Waals surface area contributed by atoms with Gasteiger partial charge in [-0.15, -0.1) is 0 Å². The Labute approximate surface area is 207 Å². The Morgan fingerprint density at radius 1 is 0.686 bits per heavy atom. The summed E-state index contributed by atoms with van der Waals surface area (Å²) in [6.07, 6.45) is 3.73. The van der Waals surface area contributed by atoms with Crippen LogP contribution in [-0.4, -0.2) is 24.9 Å². The molecule has 1 saturated heterocycles. The van der Waals surface area contributed by atoms with Crippen LogP contribution in [0.5, 0.6) is 0 Å². The average Bonchev–Trinajstić information content (AvgIpc) is 3.11. The molecule has 5 nitrogen and oxygen atoms in total. The fourth-order valence-corrected chi connectivity index (χ4v) is 4.78. The number of rotatable bonds is 5. The zero-order chi connectivity index (χ0) is 24.5. The second kappa shape index (κ2) is 9.41. The first-order chi connectivity index (χ1) is 16.9. The van der Waals surface area contributed by atoms with Gasteiger partial charge in [-0.1, -0.05) is 35.9 Å². The van der Waals surface area contributed by atoms with Gasteiger partial charge < -0.3 is 10.2 Å². The standard InChI is InChI=1S/C30H31N3O2/c1-20-7-10-23(11-8-20)27-28(30(35)33(29(27)34)26-14-9-21(2)22(3)19-26)31-24-12-15-25(16-13-24)32-17-5-4-6-18-32/h7-16,19,31H,4-6,17-18H2,1-3H3. The van der Waals surface area contributed by atoms with E-state index in [9.17, 15) is 9.59 Å². The van der Waals surface area contributed by atoms with E-state index in [2.05, 4.69) is 22.3 Å². The van der Waals surface area contributed by atoms with Crippen molar-refractivity contribution in [3.8, 4) is 0 Å². The molecule has 178 valence electrons. The second-order valence-electron chi connectivity index (χ2n) is 9.55. The van der Waals surface area contributed by atoms with Gasteiger partial charge in [-0.2, -0.15) is 0 Å². The van der Waals surface area contributed by atoms with Crippen molar-refractivity contribution < 1.29 is 9.59 Å². The normalized spacial score (nSPS) is 16.3. The molecule has 1 fully saturated rings. The monoisotopic (exact) mass is 465 g/mol. The number of benzene rings is 3. The molecule has 2 heterocycles. The molecule has 0 unspecified atom stereocenters. The van der Waals surface area contributed by atoms with Crippen LogP contribution in [0.25, 0.3) is 5.57 Å². The van der Waals surface area contributed by atoms with Gasteiger partial charge in [0.1, 0.15) is 5.70 Å². The van der Waals surface area contributed by atoms with E-state index in [1.54, 1.807) is 0 Å². The van der Waals surface area contributed by atoms with Crippen LogP contribution in [0.1, 0.15) is 41.5 Å². The van der Waals surface area contributed by atoms with Crippen molar-refractivity contribution in [2.45, 2.75) is 40.0 Å². The summed E-state index contributed by atoms with van der Waals surface area (Å²) in [7, 11) is 0. The first-order valence-corrected chi connectivity index (χ1v) is 12.3. The number of hydrogen-bond acceptors (Lipinski definition) is 4. The molecule has 1 N–H and O–H groups in total. The topological polar surface area (TPSA) is 52.7 Å². The highest BCUT2D eigenvalue weighted by Gasteiger charge is 2.40. The summed E-state index contributed by atoms with van der Waals surface area (Å²) in [5, 5.41) is 3.29. The first kappa shape index (κ1) is 22.9. The van der Waals surface area contributed by atoms with Crippen molar-refractivity contribution >= 4 is 34.4 Å². The predicted octanol–water partition coefficient (Wildman–Crippen LogP) is 6.00. The number of piperidine rings is 1. The van der Waals surface area contributed by atoms with E-state index in [-0.39, 0.29) is 11.8 Å². The van der Waals surface area contributed by atoms with Gasteiger partial charge in [-0.05, 0) is 93.1 Å². The van der Waals surface area contributed by atoms with E-state index in [0.29, 0.717) is 17.0 Å². The third kappa shape index (κ3) is 4.46. The summed E-state index contributed by atoms with van der Waals surface area (Å²) in [4.78, 5) is 31.0. The van der Waals surface area contributed by atoms with E-state index in [1.807, 2.05) is 75.4 Å². The van der Waals surface area contributed by atoms with E-state index in [1.165, 1.54) is 29.8 Å². The zero-order valence-corrected chi connectivity index (χ0v) is 20.6. The van der Waals surface area contributed by atoms with Crippen LogP contribution in [0.3, 0.4) is 0 Å². The van der Waals surface area contributed by atoms with Crippen molar-refractivity contribution in [1.82, 2.24) is 0 Å². The Morgan fingerprint density at radius 2 is 1.34 bits per heavy atom. The summed E-state index contributed by atoms with van der Waals surface area (Å²) in [6, 6.07) is 21.6. The molecule has 0 radical (unpaired) electrons. The van der Waals surface area contributed by atoms with Crippen LogP contribution < -0.4 is 15.1 Å². The van der Waals surface area contributed by atoms with Crippen LogP contribution in [-0.2, 0) is 9.59 Å². The SMILES string of the molecule is Cc1ccc(C2=C(Nc3ccc(N4CCCCC4)cc3)C(=O)N(c3ccc(C)c(C)c3)C2=O)cc1. The number of hydrogen-bond donors (Lipinski definition) is 1. The zero-order valence-electron chi connectivity index (χ0n) is 20.6. The molecule has 35 heavy (non-hydrogen) atoms. The summed E-state index contributed by atoms with van der Waals surface area (Å²) < 4.78 is 0. The quantitative estimate of drug-likeness (QED) is 0.470. The molecule has 2 aliphatic rings. The lowest BCUT2D eigenvalue weighted by atomic mass is 10.0. The van der Waals surface area contributed by atoms with Crippen LogP contribution in [0.2, 0.25) is 0 Å².